The number of carbonyl (C=O) groups excluding carboxylic acids is 1. The number of benzene rings is 2. The molecule has 3 rings (SSSR count). The lowest BCUT2D eigenvalue weighted by atomic mass is 10.1. The molecule has 0 unspecified atom stereocenters. The molecule has 0 saturated carbocycles. The van der Waals surface area contributed by atoms with Crippen LogP contribution in [-0.2, 0) is 4.79 Å². The van der Waals surface area contributed by atoms with Crippen molar-refractivity contribution >= 4 is 23.4 Å². The molecular formula is C19H19N3O3S. The molecule has 0 atom stereocenters. The predicted molar refractivity (Wildman–Crippen MR) is 97.4 cm³/mol. The van der Waals surface area contributed by atoms with Crippen LogP contribution in [0, 0.1) is 13.8 Å². The van der Waals surface area contributed by atoms with Crippen LogP contribution < -0.4 is 15.1 Å². The maximum atomic E-state index is 12.2. The molecule has 0 spiro atoms. The van der Waals surface area contributed by atoms with Crippen molar-refractivity contribution in [1.29, 1.82) is 0 Å². The van der Waals surface area contributed by atoms with Crippen LogP contribution in [0.1, 0.15) is 17.5 Å². The van der Waals surface area contributed by atoms with E-state index >= 15 is 0 Å². The second-order valence-corrected chi connectivity index (χ2v) is 6.96. The molecule has 1 amide bonds. The molecule has 0 fully saturated rings. The Labute approximate surface area is 155 Å². The van der Waals surface area contributed by atoms with Crippen molar-refractivity contribution in [3.8, 4) is 11.6 Å². The van der Waals surface area contributed by atoms with Gasteiger partial charge in [0.05, 0.1) is 5.27 Å². The number of aromatic nitrogens is 2. The summed E-state index contributed by atoms with van der Waals surface area (Å²) in [6, 6.07) is 15.1. The lowest BCUT2D eigenvalue weighted by molar-refractivity contribution is -0.705. The van der Waals surface area contributed by atoms with Gasteiger partial charge in [0, 0.05) is 30.0 Å². The summed E-state index contributed by atoms with van der Waals surface area (Å²) >= 11 is 1.25. The smallest absolute Gasteiger partial charge is 0.297 e. The Morgan fingerprint density at radius 1 is 1.23 bits per heavy atom. The van der Waals surface area contributed by atoms with E-state index in [1.807, 2.05) is 62.4 Å². The first kappa shape index (κ1) is 18.0. The number of aryl methyl sites for hydroxylation is 2. The largest absolute Gasteiger partial charge is 0.538 e. The molecule has 1 N–H and O–H groups in total. The highest BCUT2D eigenvalue weighted by molar-refractivity contribution is 7.99. The standard InChI is InChI=1S/C19H19N3O3S/c1-13-8-9-16(14(2)12-13)20-17(23)10-11-26-18-19(24)25-21-22(18)15-6-4-3-5-7-15/h3-9,12H,10-11H2,1-2H3,(H-,20,21,23,24). The number of amides is 1. The molecule has 134 valence electrons. The Bertz CT molecular complexity index is 910. The highest BCUT2D eigenvalue weighted by atomic mass is 32.2. The van der Waals surface area contributed by atoms with Crippen LogP contribution in [0.15, 0.2) is 58.1 Å². The van der Waals surface area contributed by atoms with Crippen molar-refractivity contribution in [2.45, 2.75) is 25.3 Å². The third-order valence-electron chi connectivity index (χ3n) is 3.80. The summed E-state index contributed by atoms with van der Waals surface area (Å²) in [6.07, 6.45) is 0.275. The minimum atomic E-state index is -0.506. The second-order valence-electron chi connectivity index (χ2n) is 5.88. The Balaban J connectivity index is 1.60. The van der Waals surface area contributed by atoms with E-state index in [1.54, 1.807) is 0 Å². The lowest BCUT2D eigenvalue weighted by Crippen LogP contribution is -2.34. The van der Waals surface area contributed by atoms with Gasteiger partial charge in [-0.1, -0.05) is 47.7 Å². The number of hydrogen-bond donors (Lipinski definition) is 1. The van der Waals surface area contributed by atoms with Crippen molar-refractivity contribution in [3.63, 3.8) is 0 Å². The van der Waals surface area contributed by atoms with E-state index < -0.39 is 5.95 Å². The van der Waals surface area contributed by atoms with E-state index in [-0.39, 0.29) is 12.3 Å². The molecule has 0 bridgehead atoms. The van der Waals surface area contributed by atoms with Crippen LogP contribution in [0.3, 0.4) is 0 Å². The molecule has 0 aliphatic carbocycles. The van der Waals surface area contributed by atoms with E-state index in [9.17, 15) is 9.90 Å². The zero-order valence-electron chi connectivity index (χ0n) is 14.6. The van der Waals surface area contributed by atoms with Crippen LogP contribution in [0.4, 0.5) is 5.69 Å². The summed E-state index contributed by atoms with van der Waals surface area (Å²) in [7, 11) is 0. The molecule has 6 nitrogen and oxygen atoms in total. The number of thioether (sulfide) groups is 1. The first-order valence-corrected chi connectivity index (χ1v) is 9.17. The van der Waals surface area contributed by atoms with Gasteiger partial charge >= 0.3 is 0 Å². The molecule has 0 aliphatic heterocycles. The second kappa shape index (κ2) is 8.05. The molecule has 0 saturated heterocycles. The van der Waals surface area contributed by atoms with Gasteiger partial charge in [-0.3, -0.25) is 4.79 Å². The normalized spacial score (nSPS) is 10.7. The van der Waals surface area contributed by atoms with Crippen LogP contribution in [0.5, 0.6) is 5.95 Å². The van der Waals surface area contributed by atoms with Crippen molar-refractivity contribution in [2.75, 3.05) is 11.1 Å². The number of rotatable bonds is 6. The maximum Gasteiger partial charge on any atom is 0.297 e. The Kier molecular flexibility index (Phi) is 5.58. The van der Waals surface area contributed by atoms with Crippen LogP contribution in [-0.4, -0.2) is 16.9 Å². The van der Waals surface area contributed by atoms with Gasteiger partial charge in [-0.05, 0) is 30.2 Å². The topological polar surface area (TPSA) is 82.1 Å². The number of anilines is 1. The molecule has 0 aliphatic rings. The summed E-state index contributed by atoms with van der Waals surface area (Å²) in [6.45, 7) is 3.97. The van der Waals surface area contributed by atoms with E-state index in [1.165, 1.54) is 16.4 Å². The molecule has 2 aromatic carbocycles. The molecule has 0 radical (unpaired) electrons. The zero-order valence-corrected chi connectivity index (χ0v) is 15.4. The Morgan fingerprint density at radius 2 is 2.00 bits per heavy atom. The maximum absolute atomic E-state index is 12.2. The minimum Gasteiger partial charge on any atom is -0.538 e. The highest BCUT2D eigenvalue weighted by Gasteiger charge is 2.21. The zero-order chi connectivity index (χ0) is 18.5. The van der Waals surface area contributed by atoms with Gasteiger partial charge in [-0.25, -0.2) is 0 Å². The molecule has 3 aromatic rings. The molecule has 1 aromatic heterocycles. The quantitative estimate of drug-likeness (QED) is 0.534. The molecular weight excluding hydrogens is 350 g/mol. The number of nitrogens with zero attached hydrogens (tertiary/aromatic N) is 2. The third kappa shape index (κ3) is 4.23. The van der Waals surface area contributed by atoms with Gasteiger partial charge in [0.15, 0.2) is 5.95 Å². The lowest BCUT2D eigenvalue weighted by Gasteiger charge is -2.08. The first-order valence-electron chi connectivity index (χ1n) is 8.19. The average molecular weight is 369 g/mol. The summed E-state index contributed by atoms with van der Waals surface area (Å²) in [4.78, 5) is 12.2. The van der Waals surface area contributed by atoms with Crippen molar-refractivity contribution in [1.82, 2.24) is 5.27 Å². The Morgan fingerprint density at radius 3 is 2.73 bits per heavy atom. The Hall–Kier alpha value is -2.80. The summed E-state index contributed by atoms with van der Waals surface area (Å²) in [5.74, 6) is -0.159. The first-order chi connectivity index (χ1) is 12.5. The van der Waals surface area contributed by atoms with E-state index in [2.05, 4.69) is 10.6 Å². The van der Waals surface area contributed by atoms with Gasteiger partial charge < -0.3 is 14.9 Å². The molecule has 26 heavy (non-hydrogen) atoms. The monoisotopic (exact) mass is 369 g/mol. The van der Waals surface area contributed by atoms with Crippen molar-refractivity contribution < 1.29 is 19.1 Å². The molecule has 7 heteroatoms. The number of nitrogens with one attached hydrogen (secondary N) is 1. The van der Waals surface area contributed by atoms with Gasteiger partial charge in [-0.15, -0.1) is 0 Å². The number of carbonyl (C=O) groups is 1. The van der Waals surface area contributed by atoms with Gasteiger partial charge in [-0.2, -0.15) is 0 Å². The SMILES string of the molecule is Cc1ccc(NC(=O)CCSc2c([O-])on[n+]2-c2ccccc2)c(C)c1. The third-order valence-corrected chi connectivity index (χ3v) is 4.82. The highest BCUT2D eigenvalue weighted by Crippen LogP contribution is 2.24. The summed E-state index contributed by atoms with van der Waals surface area (Å²) in [5, 5.41) is 18.9. The van der Waals surface area contributed by atoms with Gasteiger partial charge in [0.25, 0.3) is 5.03 Å². The number of hydrogen-bond acceptors (Lipinski definition) is 5. The van der Waals surface area contributed by atoms with Crippen LogP contribution in [0.25, 0.3) is 5.69 Å². The van der Waals surface area contributed by atoms with E-state index in [0.717, 1.165) is 22.5 Å². The van der Waals surface area contributed by atoms with Crippen LogP contribution in [0.2, 0.25) is 0 Å². The van der Waals surface area contributed by atoms with Gasteiger partial charge in [0.2, 0.25) is 11.6 Å². The fourth-order valence-electron chi connectivity index (χ4n) is 2.50. The fraction of sp³-hybridized carbons (Fsp3) is 0.211. The molecule has 1 heterocycles. The average Bonchev–Trinajstić information content (AvgIpc) is 2.99. The minimum absolute atomic E-state index is 0.0976. The fourth-order valence-corrected chi connectivity index (χ4v) is 3.40. The van der Waals surface area contributed by atoms with E-state index in [4.69, 9.17) is 4.52 Å². The predicted octanol–water partition coefficient (Wildman–Crippen LogP) is 2.76. The summed E-state index contributed by atoms with van der Waals surface area (Å²) in [5.41, 5.74) is 3.71. The van der Waals surface area contributed by atoms with Crippen LogP contribution >= 0.6 is 11.8 Å². The van der Waals surface area contributed by atoms with Crippen molar-refractivity contribution in [2.24, 2.45) is 0 Å². The van der Waals surface area contributed by atoms with Crippen molar-refractivity contribution in [3.05, 3.63) is 59.7 Å². The number of para-hydroxylation sites is 1. The van der Waals surface area contributed by atoms with Gasteiger partial charge in [0.1, 0.15) is 0 Å². The summed E-state index contributed by atoms with van der Waals surface area (Å²) < 4.78 is 6.22. The van der Waals surface area contributed by atoms with E-state index in [0.29, 0.717) is 10.8 Å².